The first-order chi connectivity index (χ1) is 31.1. The summed E-state index contributed by atoms with van der Waals surface area (Å²) in [5.74, 6) is -3.09. The van der Waals surface area contributed by atoms with Gasteiger partial charge in [0.05, 0.1) is 23.2 Å². The standard InChI is InChI=1S/C50H66N4O14/c1-46(2,3)64-38(55)28-37(41(58)66-48(7,8)9)54(29-32-17-16-18-34(27-32)40(57)65-47(4,5)6)45(61)62-30-31-19-25-36(26-20-31)63-39(56)33-21-23-35(24-22-33)51-42(52-43(59)67-49(10,11)12)53-44(60)68-50(13,14)15/h16-27,37H,28-30H2,1-15H3,(H2,51,52,53,59,60)/t37-/m0/s1. The molecular weight excluding hydrogens is 881 g/mol. The summed E-state index contributed by atoms with van der Waals surface area (Å²) >= 11 is 0. The maximum atomic E-state index is 14.1. The third kappa shape index (κ3) is 21.1. The lowest BCUT2D eigenvalue weighted by atomic mass is 10.1. The van der Waals surface area contributed by atoms with E-state index in [1.54, 1.807) is 134 Å². The molecule has 18 heteroatoms. The van der Waals surface area contributed by atoms with Gasteiger partial charge >= 0.3 is 42.2 Å². The van der Waals surface area contributed by atoms with Crippen molar-refractivity contribution in [3.63, 3.8) is 0 Å². The quantitative estimate of drug-likeness (QED) is 0.0567. The van der Waals surface area contributed by atoms with Crippen molar-refractivity contribution in [2.45, 2.75) is 157 Å². The minimum absolute atomic E-state index is 0.145. The van der Waals surface area contributed by atoms with Crippen molar-refractivity contribution in [2.75, 3.05) is 0 Å². The second-order valence-electron chi connectivity index (χ2n) is 20.5. The largest absolute Gasteiger partial charge is 0.460 e. The molecule has 1 atom stereocenters. The Morgan fingerprint density at radius 1 is 0.559 bits per heavy atom. The maximum absolute atomic E-state index is 14.1. The fourth-order valence-corrected chi connectivity index (χ4v) is 5.60. The van der Waals surface area contributed by atoms with E-state index in [4.69, 9.17) is 33.2 Å². The molecule has 3 aromatic rings. The maximum Gasteiger partial charge on any atom is 0.414 e. The number of esters is 4. The molecule has 0 aromatic heterocycles. The van der Waals surface area contributed by atoms with E-state index >= 15 is 0 Å². The first-order valence-corrected chi connectivity index (χ1v) is 21.8. The lowest BCUT2D eigenvalue weighted by Gasteiger charge is -2.32. The van der Waals surface area contributed by atoms with Gasteiger partial charge in [-0.3, -0.25) is 20.3 Å². The number of carbonyl (C=O) groups excluding carboxylic acids is 7. The van der Waals surface area contributed by atoms with Crippen LogP contribution in [0.2, 0.25) is 0 Å². The minimum atomic E-state index is -1.51. The number of hydrogen-bond donors (Lipinski definition) is 2. The molecule has 18 nitrogen and oxygen atoms in total. The molecule has 0 unspecified atom stereocenters. The summed E-state index contributed by atoms with van der Waals surface area (Å²) in [6.07, 6.45) is -3.30. The highest BCUT2D eigenvalue weighted by Crippen LogP contribution is 2.23. The van der Waals surface area contributed by atoms with Crippen LogP contribution < -0.4 is 15.4 Å². The Bertz CT molecular complexity index is 2270. The molecule has 370 valence electrons. The number of amides is 3. The van der Waals surface area contributed by atoms with E-state index in [0.29, 0.717) is 11.1 Å². The number of hydrogen-bond acceptors (Lipinski definition) is 15. The smallest absolute Gasteiger partial charge is 0.414 e. The highest BCUT2D eigenvalue weighted by molar-refractivity contribution is 6.02. The Hall–Kier alpha value is -6.98. The summed E-state index contributed by atoms with van der Waals surface area (Å²) in [6, 6.07) is 16.7. The summed E-state index contributed by atoms with van der Waals surface area (Å²) < 4.78 is 38.6. The number of nitrogens with zero attached hydrogens (tertiary/aromatic N) is 2. The molecule has 68 heavy (non-hydrogen) atoms. The van der Waals surface area contributed by atoms with E-state index in [2.05, 4.69) is 15.6 Å². The van der Waals surface area contributed by atoms with Gasteiger partial charge in [-0.15, -0.1) is 0 Å². The Kier molecular flexibility index (Phi) is 18.5. The van der Waals surface area contributed by atoms with Crippen molar-refractivity contribution in [1.29, 1.82) is 0 Å². The fraction of sp³-hybridized carbons (Fsp3) is 0.480. The molecule has 0 heterocycles. The Morgan fingerprint density at radius 3 is 1.57 bits per heavy atom. The molecule has 0 saturated carbocycles. The van der Waals surface area contributed by atoms with E-state index in [0.717, 1.165) is 4.90 Å². The van der Waals surface area contributed by atoms with Crippen LogP contribution in [0.4, 0.5) is 20.1 Å². The molecule has 3 aromatic carbocycles. The second kappa shape index (κ2) is 22.7. The van der Waals surface area contributed by atoms with Gasteiger partial charge < -0.3 is 33.2 Å². The second-order valence-corrected chi connectivity index (χ2v) is 20.5. The highest BCUT2D eigenvalue weighted by Gasteiger charge is 2.38. The summed E-state index contributed by atoms with van der Waals surface area (Å²) in [5.41, 5.74) is -2.84. The average molecular weight is 947 g/mol. The molecule has 2 N–H and O–H groups in total. The van der Waals surface area contributed by atoms with Crippen LogP contribution in [-0.4, -0.2) is 87.1 Å². The predicted octanol–water partition coefficient (Wildman–Crippen LogP) is 9.48. The molecule has 0 fully saturated rings. The van der Waals surface area contributed by atoms with Crippen LogP contribution in [0.1, 0.15) is 142 Å². The minimum Gasteiger partial charge on any atom is -0.460 e. The van der Waals surface area contributed by atoms with Crippen molar-refractivity contribution < 1.29 is 66.7 Å². The molecule has 0 radical (unpaired) electrons. The van der Waals surface area contributed by atoms with Crippen molar-refractivity contribution in [2.24, 2.45) is 4.99 Å². The normalized spacial score (nSPS) is 12.3. The van der Waals surface area contributed by atoms with Gasteiger partial charge in [0.1, 0.15) is 46.4 Å². The Balaban J connectivity index is 1.83. The van der Waals surface area contributed by atoms with E-state index < -0.39 is 82.6 Å². The third-order valence-corrected chi connectivity index (χ3v) is 8.06. The van der Waals surface area contributed by atoms with Gasteiger partial charge in [-0.2, -0.15) is 0 Å². The molecule has 0 aliphatic rings. The zero-order valence-corrected chi connectivity index (χ0v) is 41.7. The number of rotatable bonds is 12. The first kappa shape index (κ1) is 55.3. The number of carbonyl (C=O) groups is 7. The van der Waals surface area contributed by atoms with Gasteiger partial charge in [-0.05, 0) is 164 Å². The van der Waals surface area contributed by atoms with Crippen molar-refractivity contribution in [3.8, 4) is 5.75 Å². The Morgan fingerprint density at radius 2 is 1.07 bits per heavy atom. The third-order valence-electron chi connectivity index (χ3n) is 8.06. The molecule has 0 aliphatic heterocycles. The predicted molar refractivity (Wildman–Crippen MR) is 251 cm³/mol. The number of benzene rings is 3. The first-order valence-electron chi connectivity index (χ1n) is 21.8. The number of guanidine groups is 1. The molecule has 3 rings (SSSR count). The molecular formula is C50H66N4O14. The zero-order chi connectivity index (χ0) is 51.4. The van der Waals surface area contributed by atoms with Gasteiger partial charge in [0.25, 0.3) is 0 Å². The van der Waals surface area contributed by atoms with E-state index in [1.807, 2.05) is 0 Å². The van der Waals surface area contributed by atoms with Crippen LogP contribution in [-0.2, 0) is 51.2 Å². The van der Waals surface area contributed by atoms with Gasteiger partial charge in [0.15, 0.2) is 0 Å². The van der Waals surface area contributed by atoms with E-state index in [1.165, 1.54) is 42.5 Å². The number of aliphatic imine (C=N–C) groups is 1. The van der Waals surface area contributed by atoms with Gasteiger partial charge in [0, 0.05) is 6.54 Å². The Labute approximate surface area is 398 Å². The SMILES string of the molecule is CC(C)(C)OC(=O)C[C@@H](C(=O)OC(C)(C)C)N(Cc1cccc(C(=O)OC(C)(C)C)c1)C(=O)OCc1ccc(OC(=O)c2ccc(N=C(NC(=O)OC(C)(C)C)NC(=O)OC(C)(C)C)cc2)cc1. The van der Waals surface area contributed by atoms with Gasteiger partial charge in [-0.25, -0.2) is 33.8 Å². The van der Waals surface area contributed by atoms with Gasteiger partial charge in [0.2, 0.25) is 5.96 Å². The molecule has 0 spiro atoms. The molecule has 0 saturated heterocycles. The number of alkyl carbamates (subject to hydrolysis) is 2. The van der Waals surface area contributed by atoms with Crippen LogP contribution >= 0.6 is 0 Å². The van der Waals surface area contributed by atoms with E-state index in [9.17, 15) is 33.6 Å². The number of nitrogens with one attached hydrogen (secondary N) is 2. The number of ether oxygens (including phenoxy) is 7. The van der Waals surface area contributed by atoms with Gasteiger partial charge in [-0.1, -0.05) is 24.3 Å². The van der Waals surface area contributed by atoms with Crippen molar-refractivity contribution >= 4 is 53.8 Å². The summed E-state index contributed by atoms with van der Waals surface area (Å²) in [6.45, 7) is 24.6. The highest BCUT2D eigenvalue weighted by atomic mass is 16.6. The lowest BCUT2D eigenvalue weighted by Crippen LogP contribution is -2.48. The van der Waals surface area contributed by atoms with E-state index in [-0.39, 0.29) is 41.7 Å². The zero-order valence-electron chi connectivity index (χ0n) is 41.7. The summed E-state index contributed by atoms with van der Waals surface area (Å²) in [4.78, 5) is 97.5. The molecule has 0 bridgehead atoms. The summed E-state index contributed by atoms with van der Waals surface area (Å²) in [5, 5.41) is 4.78. The monoisotopic (exact) mass is 946 g/mol. The fourth-order valence-electron chi connectivity index (χ4n) is 5.60. The topological polar surface area (TPSA) is 224 Å². The average Bonchev–Trinajstić information content (AvgIpc) is 3.15. The lowest BCUT2D eigenvalue weighted by molar-refractivity contribution is -0.168. The van der Waals surface area contributed by atoms with Crippen LogP contribution in [0, 0.1) is 0 Å². The van der Waals surface area contributed by atoms with Crippen LogP contribution in [0.5, 0.6) is 5.75 Å². The van der Waals surface area contributed by atoms with Crippen LogP contribution in [0.15, 0.2) is 77.8 Å². The van der Waals surface area contributed by atoms with Crippen molar-refractivity contribution in [1.82, 2.24) is 15.5 Å². The summed E-state index contributed by atoms with van der Waals surface area (Å²) in [7, 11) is 0. The van der Waals surface area contributed by atoms with Crippen molar-refractivity contribution in [3.05, 3.63) is 95.1 Å². The van der Waals surface area contributed by atoms with Crippen LogP contribution in [0.25, 0.3) is 0 Å². The van der Waals surface area contributed by atoms with Crippen LogP contribution in [0.3, 0.4) is 0 Å². The molecule has 0 aliphatic carbocycles. The molecule has 3 amide bonds.